The van der Waals surface area contributed by atoms with Crippen molar-refractivity contribution >= 4 is 17.7 Å². The predicted octanol–water partition coefficient (Wildman–Crippen LogP) is 0.251. The second-order valence-electron chi connectivity index (χ2n) is 4.35. The first-order valence-corrected chi connectivity index (χ1v) is 6.88. The average molecular weight is 271 g/mol. The number of nitrogens with one attached hydrogen (secondary N) is 1. The summed E-state index contributed by atoms with van der Waals surface area (Å²) in [6.07, 6.45) is 2.24. The van der Waals surface area contributed by atoms with E-state index >= 15 is 0 Å². The lowest BCUT2D eigenvalue weighted by Crippen LogP contribution is -2.36. The van der Waals surface area contributed by atoms with Gasteiger partial charge in [0.1, 0.15) is 0 Å². The first-order chi connectivity index (χ1) is 8.70. The van der Waals surface area contributed by atoms with E-state index in [1.165, 1.54) is 11.8 Å². The Hall–Kier alpha value is -1.15. The van der Waals surface area contributed by atoms with Crippen molar-refractivity contribution in [2.75, 3.05) is 19.5 Å². The van der Waals surface area contributed by atoms with E-state index in [-0.39, 0.29) is 11.9 Å². The number of tetrazole rings is 1. The first kappa shape index (κ1) is 13.3. The molecule has 0 aliphatic heterocycles. The van der Waals surface area contributed by atoms with E-state index in [1.54, 1.807) is 11.8 Å². The van der Waals surface area contributed by atoms with Crippen LogP contribution < -0.4 is 5.32 Å². The van der Waals surface area contributed by atoms with Crippen LogP contribution in [-0.2, 0) is 9.53 Å². The molecule has 0 bridgehead atoms. The molecule has 0 spiro atoms. The summed E-state index contributed by atoms with van der Waals surface area (Å²) in [6.45, 7) is 2.41. The van der Waals surface area contributed by atoms with Crippen LogP contribution in [0.25, 0.3) is 0 Å². The van der Waals surface area contributed by atoms with Gasteiger partial charge in [0.15, 0.2) is 0 Å². The Kier molecular flexibility index (Phi) is 4.54. The number of amides is 1. The summed E-state index contributed by atoms with van der Waals surface area (Å²) >= 11 is 1.36. The second kappa shape index (κ2) is 6.14. The molecule has 0 unspecified atom stereocenters. The summed E-state index contributed by atoms with van der Waals surface area (Å²) in [7, 11) is 1.61. The Morgan fingerprint density at radius 2 is 2.44 bits per heavy atom. The van der Waals surface area contributed by atoms with Crippen LogP contribution in [0.2, 0.25) is 0 Å². The van der Waals surface area contributed by atoms with Gasteiger partial charge in [-0.25, -0.2) is 4.68 Å². The molecule has 0 radical (unpaired) electrons. The minimum atomic E-state index is -0.0325. The molecule has 1 aliphatic carbocycles. The highest BCUT2D eigenvalue weighted by Crippen LogP contribution is 2.36. The van der Waals surface area contributed by atoms with Gasteiger partial charge in [0.25, 0.3) is 0 Å². The molecule has 1 aromatic rings. The van der Waals surface area contributed by atoms with Gasteiger partial charge in [-0.05, 0) is 30.2 Å². The molecule has 1 amide bonds. The zero-order chi connectivity index (χ0) is 13.0. The highest BCUT2D eigenvalue weighted by molar-refractivity contribution is 7.99. The number of hydrogen-bond acceptors (Lipinski definition) is 6. The Bertz CT molecular complexity index is 407. The standard InChI is InChI=1S/C10H17N5O2S/c1-7(5-17-2)11-9(16)6-18-10-12-13-14-15(10)8-3-4-8/h7-8H,3-6H2,1-2H3,(H,11,16)/t7-/m1/s1. The largest absolute Gasteiger partial charge is 0.383 e. The van der Waals surface area contributed by atoms with E-state index in [1.807, 2.05) is 6.92 Å². The van der Waals surface area contributed by atoms with Gasteiger partial charge in [-0.15, -0.1) is 5.10 Å². The van der Waals surface area contributed by atoms with Crippen LogP contribution in [0.5, 0.6) is 0 Å². The lowest BCUT2D eigenvalue weighted by Gasteiger charge is -2.12. The van der Waals surface area contributed by atoms with Crippen LogP contribution in [0.15, 0.2) is 5.16 Å². The van der Waals surface area contributed by atoms with E-state index in [2.05, 4.69) is 20.8 Å². The summed E-state index contributed by atoms with van der Waals surface area (Å²) in [6, 6.07) is 0.445. The molecule has 1 atom stereocenters. The SMILES string of the molecule is COC[C@@H](C)NC(=O)CSc1nnnn1C1CC1. The topological polar surface area (TPSA) is 81.9 Å². The molecule has 8 heteroatoms. The fourth-order valence-corrected chi connectivity index (χ4v) is 2.32. The van der Waals surface area contributed by atoms with Crippen LogP contribution in [-0.4, -0.2) is 51.6 Å². The third-order valence-electron chi connectivity index (χ3n) is 2.51. The van der Waals surface area contributed by atoms with Crippen molar-refractivity contribution in [2.24, 2.45) is 0 Å². The fourth-order valence-electron chi connectivity index (χ4n) is 1.57. The van der Waals surface area contributed by atoms with E-state index in [4.69, 9.17) is 4.74 Å². The average Bonchev–Trinajstić information content (AvgIpc) is 3.06. The first-order valence-electron chi connectivity index (χ1n) is 5.89. The Balaban J connectivity index is 1.76. The zero-order valence-corrected chi connectivity index (χ0v) is 11.3. The van der Waals surface area contributed by atoms with Gasteiger partial charge in [0.2, 0.25) is 11.1 Å². The fraction of sp³-hybridized carbons (Fsp3) is 0.800. The summed E-state index contributed by atoms with van der Waals surface area (Å²) in [5, 5.41) is 15.1. The molecule has 1 heterocycles. The van der Waals surface area contributed by atoms with Crippen molar-refractivity contribution in [3.63, 3.8) is 0 Å². The highest BCUT2D eigenvalue weighted by Gasteiger charge is 2.28. The second-order valence-corrected chi connectivity index (χ2v) is 5.29. The maximum absolute atomic E-state index is 11.7. The maximum atomic E-state index is 11.7. The monoisotopic (exact) mass is 271 g/mol. The van der Waals surface area contributed by atoms with Crippen LogP contribution in [0, 0.1) is 0 Å². The molecular formula is C10H17N5O2S. The van der Waals surface area contributed by atoms with Crippen LogP contribution in [0.1, 0.15) is 25.8 Å². The zero-order valence-electron chi connectivity index (χ0n) is 10.5. The molecular weight excluding hydrogens is 254 g/mol. The number of methoxy groups -OCH3 is 1. The van der Waals surface area contributed by atoms with Gasteiger partial charge < -0.3 is 10.1 Å². The van der Waals surface area contributed by atoms with Crippen molar-refractivity contribution in [3.05, 3.63) is 0 Å². The van der Waals surface area contributed by atoms with Gasteiger partial charge in [0.05, 0.1) is 18.4 Å². The number of carbonyl (C=O) groups excluding carboxylic acids is 1. The van der Waals surface area contributed by atoms with Gasteiger partial charge in [-0.1, -0.05) is 11.8 Å². The molecule has 1 N–H and O–H groups in total. The molecule has 100 valence electrons. The summed E-state index contributed by atoms with van der Waals surface area (Å²) < 4.78 is 6.76. The van der Waals surface area contributed by atoms with Crippen molar-refractivity contribution in [1.82, 2.24) is 25.5 Å². The number of rotatable bonds is 7. The quantitative estimate of drug-likeness (QED) is 0.716. The van der Waals surface area contributed by atoms with E-state index < -0.39 is 0 Å². The summed E-state index contributed by atoms with van der Waals surface area (Å²) in [4.78, 5) is 11.7. The minimum absolute atomic E-state index is 0.0162. The van der Waals surface area contributed by atoms with Crippen LogP contribution in [0.4, 0.5) is 0 Å². The molecule has 7 nitrogen and oxygen atoms in total. The molecule has 18 heavy (non-hydrogen) atoms. The predicted molar refractivity (Wildman–Crippen MR) is 66.3 cm³/mol. The maximum Gasteiger partial charge on any atom is 0.230 e. The third kappa shape index (κ3) is 3.67. The van der Waals surface area contributed by atoms with Gasteiger partial charge >= 0.3 is 0 Å². The molecule has 0 saturated heterocycles. The van der Waals surface area contributed by atoms with E-state index in [9.17, 15) is 4.79 Å². The lowest BCUT2D eigenvalue weighted by atomic mass is 10.3. The lowest BCUT2D eigenvalue weighted by molar-refractivity contribution is -0.119. The van der Waals surface area contributed by atoms with Crippen LogP contribution in [0.3, 0.4) is 0 Å². The highest BCUT2D eigenvalue weighted by atomic mass is 32.2. The molecule has 1 fully saturated rings. The number of aromatic nitrogens is 4. The van der Waals surface area contributed by atoms with Gasteiger partial charge in [0, 0.05) is 13.2 Å². The van der Waals surface area contributed by atoms with Crippen molar-refractivity contribution in [3.8, 4) is 0 Å². The van der Waals surface area contributed by atoms with Crippen molar-refractivity contribution in [1.29, 1.82) is 0 Å². The van der Waals surface area contributed by atoms with Crippen molar-refractivity contribution < 1.29 is 9.53 Å². The Labute approximate surface area is 110 Å². The molecule has 1 aliphatic rings. The van der Waals surface area contributed by atoms with Crippen molar-refractivity contribution in [2.45, 2.75) is 37.0 Å². The Morgan fingerprint density at radius 3 is 3.11 bits per heavy atom. The number of nitrogens with zero attached hydrogens (tertiary/aromatic N) is 4. The van der Waals surface area contributed by atoms with Gasteiger partial charge in [-0.2, -0.15) is 0 Å². The minimum Gasteiger partial charge on any atom is -0.383 e. The number of hydrogen-bond donors (Lipinski definition) is 1. The van der Waals surface area contributed by atoms with E-state index in [0.29, 0.717) is 23.6 Å². The van der Waals surface area contributed by atoms with Crippen LogP contribution >= 0.6 is 11.8 Å². The number of thioether (sulfide) groups is 1. The summed E-state index contributed by atoms with van der Waals surface area (Å²) in [5.74, 6) is 0.288. The third-order valence-corrected chi connectivity index (χ3v) is 3.45. The summed E-state index contributed by atoms with van der Waals surface area (Å²) in [5.41, 5.74) is 0. The number of carbonyl (C=O) groups is 1. The molecule has 0 aromatic carbocycles. The smallest absolute Gasteiger partial charge is 0.230 e. The number of ether oxygens (including phenoxy) is 1. The van der Waals surface area contributed by atoms with Gasteiger partial charge in [-0.3, -0.25) is 4.79 Å². The molecule has 2 rings (SSSR count). The molecule has 1 aromatic heterocycles. The Morgan fingerprint density at radius 1 is 1.67 bits per heavy atom. The molecule has 1 saturated carbocycles. The normalized spacial score (nSPS) is 16.6. The van der Waals surface area contributed by atoms with E-state index in [0.717, 1.165) is 12.8 Å².